The molecule has 32 heavy (non-hydrogen) atoms. The second-order valence-electron chi connectivity index (χ2n) is 8.90. The molecule has 5 rings (SSSR count). The summed E-state index contributed by atoms with van der Waals surface area (Å²) in [6.07, 6.45) is 6.57. The van der Waals surface area contributed by atoms with Crippen LogP contribution in [0.4, 0.5) is 5.69 Å². The number of primary amides is 1. The smallest absolute Gasteiger partial charge is 0.250 e. The van der Waals surface area contributed by atoms with Gasteiger partial charge in [-0.2, -0.15) is 0 Å². The quantitative estimate of drug-likeness (QED) is 0.610. The molecule has 1 amide bonds. The Labute approximate surface area is 187 Å². The molecule has 6 heteroatoms. The monoisotopic (exact) mass is 431 g/mol. The standard InChI is InChI=1S/C26H29N3O3/c1-32-18-12-10-17(11-13-18)28-21-15-16(9-14-19(21)26(27)31)25-20-5-2-3-6-22(20)29-23(25)7-4-8-24(29)30/h2-3,5-6,9,14-15,17-18,28H,4,7-8,10-13H2,1H3,(H2,27,31)/t17-,18-. The number of para-hydroxylation sites is 1. The minimum absolute atomic E-state index is 0.149. The number of aromatic nitrogens is 1. The van der Waals surface area contributed by atoms with Crippen molar-refractivity contribution < 1.29 is 14.3 Å². The van der Waals surface area contributed by atoms with Gasteiger partial charge in [0.05, 0.1) is 17.2 Å². The first-order valence-electron chi connectivity index (χ1n) is 11.5. The molecule has 166 valence electrons. The van der Waals surface area contributed by atoms with Crippen molar-refractivity contribution in [2.24, 2.45) is 5.73 Å². The first kappa shape index (κ1) is 20.8. The predicted octanol–water partition coefficient (Wildman–Crippen LogP) is 4.75. The summed E-state index contributed by atoms with van der Waals surface area (Å²) in [5, 5.41) is 4.65. The summed E-state index contributed by atoms with van der Waals surface area (Å²) in [7, 11) is 1.76. The van der Waals surface area contributed by atoms with Crippen molar-refractivity contribution in [1.29, 1.82) is 0 Å². The van der Waals surface area contributed by atoms with Crippen molar-refractivity contribution in [2.45, 2.75) is 57.1 Å². The van der Waals surface area contributed by atoms with Crippen LogP contribution in [0.1, 0.15) is 59.4 Å². The Morgan fingerprint density at radius 2 is 1.88 bits per heavy atom. The van der Waals surface area contributed by atoms with E-state index in [9.17, 15) is 9.59 Å². The Balaban J connectivity index is 1.58. The molecule has 1 aliphatic carbocycles. The van der Waals surface area contributed by atoms with Crippen molar-refractivity contribution >= 4 is 28.4 Å². The van der Waals surface area contributed by atoms with Gasteiger partial charge in [-0.1, -0.05) is 24.3 Å². The zero-order chi connectivity index (χ0) is 22.2. The van der Waals surface area contributed by atoms with Crippen LogP contribution in [0, 0.1) is 0 Å². The number of methoxy groups -OCH3 is 1. The van der Waals surface area contributed by atoms with Gasteiger partial charge in [0.1, 0.15) is 0 Å². The number of anilines is 1. The molecule has 2 aliphatic rings. The van der Waals surface area contributed by atoms with Crippen molar-refractivity contribution in [3.63, 3.8) is 0 Å². The highest BCUT2D eigenvalue weighted by Gasteiger charge is 2.27. The average molecular weight is 432 g/mol. The maximum Gasteiger partial charge on any atom is 0.250 e. The summed E-state index contributed by atoms with van der Waals surface area (Å²) >= 11 is 0. The summed E-state index contributed by atoms with van der Waals surface area (Å²) < 4.78 is 7.37. The maximum absolute atomic E-state index is 12.7. The SMILES string of the molecule is CO[C@H]1CC[C@H](Nc2cc(-c3c4n(c5ccccc35)C(=O)CCC4)ccc2C(N)=O)CC1. The number of fused-ring (bicyclic) bond motifs is 3. The van der Waals surface area contributed by atoms with Gasteiger partial charge in [0, 0.05) is 41.9 Å². The van der Waals surface area contributed by atoms with Crippen molar-refractivity contribution in [1.82, 2.24) is 4.57 Å². The number of nitrogens with one attached hydrogen (secondary N) is 1. The molecule has 2 aromatic carbocycles. The van der Waals surface area contributed by atoms with Crippen LogP contribution in [0.25, 0.3) is 22.0 Å². The van der Waals surface area contributed by atoms with Gasteiger partial charge in [-0.25, -0.2) is 0 Å². The summed E-state index contributed by atoms with van der Waals surface area (Å²) in [5.41, 5.74) is 11.1. The normalized spacial score (nSPS) is 20.8. The number of hydrogen-bond acceptors (Lipinski definition) is 4. The second kappa shape index (κ2) is 8.43. The van der Waals surface area contributed by atoms with Crippen LogP contribution in [0.3, 0.4) is 0 Å². The number of amides is 1. The number of nitrogens with two attached hydrogens (primary N) is 1. The number of benzene rings is 2. The molecular formula is C26H29N3O3. The highest BCUT2D eigenvalue weighted by Crippen LogP contribution is 2.39. The zero-order valence-electron chi connectivity index (χ0n) is 18.4. The molecule has 3 N–H and O–H groups in total. The van der Waals surface area contributed by atoms with Crippen LogP contribution >= 0.6 is 0 Å². The number of carbonyl (C=O) groups excluding carboxylic acids is 2. The Kier molecular flexibility index (Phi) is 5.47. The molecule has 2 heterocycles. The summed E-state index contributed by atoms with van der Waals surface area (Å²) in [5.74, 6) is -0.292. The molecule has 0 bridgehead atoms. The van der Waals surface area contributed by atoms with E-state index < -0.39 is 5.91 Å². The van der Waals surface area contributed by atoms with Crippen molar-refractivity contribution in [2.75, 3.05) is 12.4 Å². The molecule has 6 nitrogen and oxygen atoms in total. The average Bonchev–Trinajstić information content (AvgIpc) is 3.15. The first-order valence-corrected chi connectivity index (χ1v) is 11.5. The third kappa shape index (κ3) is 3.58. The molecule has 1 aromatic heterocycles. The molecular weight excluding hydrogens is 402 g/mol. The predicted molar refractivity (Wildman–Crippen MR) is 126 cm³/mol. The Morgan fingerprint density at radius 3 is 2.62 bits per heavy atom. The lowest BCUT2D eigenvalue weighted by Gasteiger charge is -2.29. The van der Waals surface area contributed by atoms with E-state index in [0.29, 0.717) is 18.1 Å². The van der Waals surface area contributed by atoms with Crippen LogP contribution in [0.5, 0.6) is 0 Å². The minimum Gasteiger partial charge on any atom is -0.382 e. The van der Waals surface area contributed by atoms with E-state index >= 15 is 0 Å². The van der Waals surface area contributed by atoms with Gasteiger partial charge in [-0.05, 0) is 62.3 Å². The molecule has 1 saturated carbocycles. The van der Waals surface area contributed by atoms with Crippen LogP contribution in [-0.2, 0) is 11.2 Å². The van der Waals surface area contributed by atoms with E-state index in [4.69, 9.17) is 10.5 Å². The van der Waals surface area contributed by atoms with Gasteiger partial charge in [-0.15, -0.1) is 0 Å². The van der Waals surface area contributed by atoms with Gasteiger partial charge in [0.2, 0.25) is 5.91 Å². The number of nitrogens with zero attached hydrogens (tertiary/aromatic N) is 1. The molecule has 0 saturated heterocycles. The van der Waals surface area contributed by atoms with Gasteiger partial charge in [0.15, 0.2) is 0 Å². The molecule has 0 radical (unpaired) electrons. The number of hydrogen-bond donors (Lipinski definition) is 2. The fourth-order valence-electron chi connectivity index (χ4n) is 5.35. The molecule has 0 spiro atoms. The number of ether oxygens (including phenoxy) is 1. The molecule has 0 unspecified atom stereocenters. The lowest BCUT2D eigenvalue weighted by Crippen LogP contribution is -2.30. The van der Waals surface area contributed by atoms with E-state index in [1.165, 1.54) is 0 Å². The van der Waals surface area contributed by atoms with E-state index in [1.807, 2.05) is 41.0 Å². The van der Waals surface area contributed by atoms with Crippen LogP contribution < -0.4 is 11.1 Å². The Bertz CT molecular complexity index is 1190. The number of rotatable bonds is 5. The van der Waals surface area contributed by atoms with Crippen molar-refractivity contribution in [3.05, 3.63) is 53.7 Å². The van der Waals surface area contributed by atoms with Gasteiger partial charge < -0.3 is 15.8 Å². The van der Waals surface area contributed by atoms with E-state index in [0.717, 1.165) is 71.9 Å². The fraction of sp³-hybridized carbons (Fsp3) is 0.385. The molecule has 1 fully saturated rings. The molecule has 1 aliphatic heterocycles. The lowest BCUT2D eigenvalue weighted by molar-refractivity contribution is 0.0681. The van der Waals surface area contributed by atoms with Crippen LogP contribution in [-0.4, -0.2) is 35.6 Å². The van der Waals surface area contributed by atoms with Gasteiger partial charge >= 0.3 is 0 Å². The summed E-state index contributed by atoms with van der Waals surface area (Å²) in [6.45, 7) is 0. The summed E-state index contributed by atoms with van der Waals surface area (Å²) in [4.78, 5) is 24.9. The van der Waals surface area contributed by atoms with Crippen LogP contribution in [0.2, 0.25) is 0 Å². The third-order valence-electron chi connectivity index (χ3n) is 6.97. The number of carbonyl (C=O) groups is 2. The Hall–Kier alpha value is -3.12. The highest BCUT2D eigenvalue weighted by atomic mass is 16.5. The minimum atomic E-state index is -0.441. The van der Waals surface area contributed by atoms with E-state index in [2.05, 4.69) is 11.4 Å². The second-order valence-corrected chi connectivity index (χ2v) is 8.90. The topological polar surface area (TPSA) is 86.3 Å². The molecule has 3 aromatic rings. The van der Waals surface area contributed by atoms with Gasteiger partial charge in [-0.3, -0.25) is 14.2 Å². The zero-order valence-corrected chi connectivity index (χ0v) is 18.4. The highest BCUT2D eigenvalue weighted by molar-refractivity contribution is 6.06. The Morgan fingerprint density at radius 1 is 1.09 bits per heavy atom. The molecule has 0 atom stereocenters. The van der Waals surface area contributed by atoms with Crippen LogP contribution in [0.15, 0.2) is 42.5 Å². The third-order valence-corrected chi connectivity index (χ3v) is 6.97. The first-order chi connectivity index (χ1) is 15.6. The van der Waals surface area contributed by atoms with Crippen molar-refractivity contribution in [3.8, 4) is 11.1 Å². The van der Waals surface area contributed by atoms with E-state index in [-0.39, 0.29) is 11.9 Å². The fourth-order valence-corrected chi connectivity index (χ4v) is 5.35. The van der Waals surface area contributed by atoms with Gasteiger partial charge in [0.25, 0.3) is 5.91 Å². The largest absolute Gasteiger partial charge is 0.382 e. The lowest BCUT2D eigenvalue weighted by atomic mass is 9.92. The maximum atomic E-state index is 12.7. The summed E-state index contributed by atoms with van der Waals surface area (Å²) in [6, 6.07) is 14.1. The van der Waals surface area contributed by atoms with E-state index in [1.54, 1.807) is 7.11 Å².